The summed E-state index contributed by atoms with van der Waals surface area (Å²) in [5.41, 5.74) is 0.707. The van der Waals surface area contributed by atoms with E-state index >= 15 is 0 Å². The number of nitrogens with zero attached hydrogens (tertiary/aromatic N) is 3. The van der Waals surface area contributed by atoms with Gasteiger partial charge in [-0.1, -0.05) is 0 Å². The molecule has 1 aromatic heterocycles. The summed E-state index contributed by atoms with van der Waals surface area (Å²) in [6.45, 7) is 1.61. The van der Waals surface area contributed by atoms with Gasteiger partial charge in [-0.3, -0.25) is 4.57 Å². The molecular weight excluding hydrogens is 317 g/mol. The van der Waals surface area contributed by atoms with Crippen molar-refractivity contribution in [2.45, 2.75) is 19.3 Å². The van der Waals surface area contributed by atoms with Gasteiger partial charge >= 0.3 is 7.60 Å². The lowest BCUT2D eigenvalue weighted by Crippen LogP contribution is -2.34. The Morgan fingerprint density at radius 2 is 1.96 bits per heavy atom. The largest absolute Gasteiger partial charge is 0.508 e. The molecule has 0 radical (unpaired) electrons. The zero-order valence-electron chi connectivity index (χ0n) is 12.7. The smallest absolute Gasteiger partial charge is 0.325 e. The Balaban J connectivity index is 1.69. The second kappa shape index (κ2) is 6.43. The first-order valence-corrected chi connectivity index (χ1v) is 9.45. The van der Waals surface area contributed by atoms with E-state index in [1.54, 1.807) is 12.1 Å². The maximum Gasteiger partial charge on any atom is 0.325 e. The van der Waals surface area contributed by atoms with Gasteiger partial charge < -0.3 is 19.8 Å². The van der Waals surface area contributed by atoms with Crippen LogP contribution in [0.3, 0.4) is 0 Å². The highest BCUT2D eigenvalue weighted by molar-refractivity contribution is 7.51. The number of rotatable bonds is 4. The predicted molar refractivity (Wildman–Crippen MR) is 87.7 cm³/mol. The fourth-order valence-corrected chi connectivity index (χ4v) is 3.77. The number of aromatic nitrogens is 2. The summed E-state index contributed by atoms with van der Waals surface area (Å²) in [4.78, 5) is 28.7. The summed E-state index contributed by atoms with van der Waals surface area (Å²) in [6.07, 6.45) is 3.81. The van der Waals surface area contributed by atoms with Gasteiger partial charge in [-0.2, -0.15) is 0 Å². The number of hydrogen-bond acceptors (Lipinski definition) is 5. The molecule has 0 amide bonds. The number of fused-ring (bicyclic) bond motifs is 1. The van der Waals surface area contributed by atoms with Gasteiger partial charge in [-0.05, 0) is 37.3 Å². The van der Waals surface area contributed by atoms with Gasteiger partial charge in [0.15, 0.2) is 0 Å². The van der Waals surface area contributed by atoms with Crippen LogP contribution >= 0.6 is 7.60 Å². The van der Waals surface area contributed by atoms with Crippen LogP contribution in [0.25, 0.3) is 10.9 Å². The molecule has 3 rings (SSSR count). The van der Waals surface area contributed by atoms with E-state index in [9.17, 15) is 9.67 Å². The van der Waals surface area contributed by atoms with Crippen LogP contribution in [-0.4, -0.2) is 44.1 Å². The highest BCUT2D eigenvalue weighted by Gasteiger charge is 2.24. The Bertz CT molecular complexity index is 741. The van der Waals surface area contributed by atoms with Gasteiger partial charge in [-0.15, -0.1) is 0 Å². The highest BCUT2D eigenvalue weighted by atomic mass is 31.2. The van der Waals surface area contributed by atoms with E-state index < -0.39 is 7.60 Å². The zero-order valence-corrected chi connectivity index (χ0v) is 13.6. The Labute approximate surface area is 134 Å². The molecule has 0 spiro atoms. The van der Waals surface area contributed by atoms with Gasteiger partial charge in [-0.25, -0.2) is 9.97 Å². The number of benzene rings is 1. The third-order valence-corrected chi connectivity index (χ3v) is 5.18. The molecule has 2 heterocycles. The second-order valence-corrected chi connectivity index (χ2v) is 7.78. The molecule has 0 atom stereocenters. The van der Waals surface area contributed by atoms with Crippen molar-refractivity contribution >= 4 is 24.3 Å². The maximum absolute atomic E-state index is 11.0. The minimum atomic E-state index is -3.90. The molecule has 1 aliphatic rings. The Kier molecular flexibility index (Phi) is 4.53. The zero-order chi connectivity index (χ0) is 16.4. The van der Waals surface area contributed by atoms with E-state index in [4.69, 9.17) is 9.79 Å². The quantitative estimate of drug-likeness (QED) is 0.734. The summed E-state index contributed by atoms with van der Waals surface area (Å²) >= 11 is 0. The van der Waals surface area contributed by atoms with Crippen LogP contribution in [0.15, 0.2) is 24.5 Å². The monoisotopic (exact) mass is 337 g/mol. The van der Waals surface area contributed by atoms with Crippen molar-refractivity contribution in [2.75, 3.05) is 24.2 Å². The summed E-state index contributed by atoms with van der Waals surface area (Å²) in [5.74, 6) is 1.37. The SMILES string of the molecule is O=P(O)(O)CCC1CCN(c2ncnc3cc(O)ccc23)CC1. The van der Waals surface area contributed by atoms with Crippen LogP contribution in [0.5, 0.6) is 5.75 Å². The molecule has 0 bridgehead atoms. The predicted octanol–water partition coefficient (Wildman–Crippen LogP) is 2.12. The van der Waals surface area contributed by atoms with Crippen molar-refractivity contribution in [3.63, 3.8) is 0 Å². The van der Waals surface area contributed by atoms with Gasteiger partial charge in [0.2, 0.25) is 0 Å². The highest BCUT2D eigenvalue weighted by Crippen LogP contribution is 2.38. The van der Waals surface area contributed by atoms with Crippen molar-refractivity contribution in [3.05, 3.63) is 24.5 Å². The molecule has 8 heteroatoms. The Morgan fingerprint density at radius 3 is 2.65 bits per heavy atom. The van der Waals surface area contributed by atoms with E-state index in [2.05, 4.69) is 14.9 Å². The van der Waals surface area contributed by atoms with E-state index in [0.717, 1.165) is 37.1 Å². The molecule has 1 aliphatic heterocycles. The number of aromatic hydroxyl groups is 1. The van der Waals surface area contributed by atoms with Gasteiger partial charge in [0, 0.05) is 24.5 Å². The molecule has 1 fully saturated rings. The molecule has 124 valence electrons. The molecule has 1 saturated heterocycles. The first-order valence-electron chi connectivity index (χ1n) is 7.65. The standard InChI is InChI=1S/C15H20N3O4P/c19-12-1-2-13-14(9-12)16-10-17-15(13)18-6-3-11(4-7-18)5-8-23(20,21)22/h1-2,9-11,19H,3-8H2,(H2,20,21,22). The first-order chi connectivity index (χ1) is 10.9. The molecule has 23 heavy (non-hydrogen) atoms. The average molecular weight is 337 g/mol. The Hall–Kier alpha value is -1.69. The average Bonchev–Trinajstić information content (AvgIpc) is 2.52. The van der Waals surface area contributed by atoms with E-state index in [0.29, 0.717) is 17.9 Å². The summed E-state index contributed by atoms with van der Waals surface area (Å²) in [6, 6.07) is 5.06. The van der Waals surface area contributed by atoms with Crippen molar-refractivity contribution in [1.29, 1.82) is 0 Å². The van der Waals surface area contributed by atoms with Gasteiger partial charge in [0.1, 0.15) is 17.9 Å². The number of phenolic OH excluding ortho intramolecular Hbond substituents is 1. The topological polar surface area (TPSA) is 107 Å². The number of piperidine rings is 1. The van der Waals surface area contributed by atoms with Crippen molar-refractivity contribution in [1.82, 2.24) is 9.97 Å². The summed E-state index contributed by atoms with van der Waals surface area (Å²) in [7, 11) is -3.90. The third kappa shape index (κ3) is 3.99. The molecule has 0 saturated carbocycles. The minimum Gasteiger partial charge on any atom is -0.508 e. The van der Waals surface area contributed by atoms with E-state index in [-0.39, 0.29) is 11.9 Å². The fourth-order valence-electron chi connectivity index (χ4n) is 3.07. The Morgan fingerprint density at radius 1 is 1.22 bits per heavy atom. The van der Waals surface area contributed by atoms with Crippen molar-refractivity contribution in [2.24, 2.45) is 5.92 Å². The molecule has 0 unspecified atom stereocenters. The molecule has 3 N–H and O–H groups in total. The van der Waals surface area contributed by atoms with E-state index in [1.807, 2.05) is 6.07 Å². The van der Waals surface area contributed by atoms with Gasteiger partial charge in [0.25, 0.3) is 0 Å². The lowest BCUT2D eigenvalue weighted by Gasteiger charge is -2.33. The van der Waals surface area contributed by atoms with Crippen LogP contribution < -0.4 is 4.90 Å². The van der Waals surface area contributed by atoms with Crippen molar-refractivity contribution < 1.29 is 19.5 Å². The molecule has 0 aliphatic carbocycles. The number of hydrogen-bond donors (Lipinski definition) is 3. The third-order valence-electron chi connectivity index (χ3n) is 4.34. The molecule has 2 aromatic rings. The lowest BCUT2D eigenvalue weighted by atomic mass is 9.94. The van der Waals surface area contributed by atoms with E-state index in [1.165, 1.54) is 6.33 Å². The molecular formula is C15H20N3O4P. The van der Waals surface area contributed by atoms with Crippen LogP contribution in [0.4, 0.5) is 5.82 Å². The van der Waals surface area contributed by atoms with Crippen LogP contribution in [0, 0.1) is 5.92 Å². The number of anilines is 1. The van der Waals surface area contributed by atoms with Crippen LogP contribution in [0.2, 0.25) is 0 Å². The van der Waals surface area contributed by atoms with Crippen molar-refractivity contribution in [3.8, 4) is 5.75 Å². The fraction of sp³-hybridized carbons (Fsp3) is 0.467. The first kappa shape index (κ1) is 16.2. The maximum atomic E-state index is 11.0. The summed E-state index contributed by atoms with van der Waals surface area (Å²) < 4.78 is 11.0. The number of phenols is 1. The second-order valence-electron chi connectivity index (χ2n) is 6.01. The normalized spacial score (nSPS) is 16.9. The van der Waals surface area contributed by atoms with Crippen LogP contribution in [-0.2, 0) is 4.57 Å². The lowest BCUT2D eigenvalue weighted by molar-refractivity contribution is 0.350. The minimum absolute atomic E-state index is 0.0343. The summed E-state index contributed by atoms with van der Waals surface area (Å²) in [5, 5.41) is 10.5. The molecule has 1 aromatic carbocycles. The molecule has 7 nitrogen and oxygen atoms in total. The van der Waals surface area contributed by atoms with Crippen LogP contribution in [0.1, 0.15) is 19.3 Å². The van der Waals surface area contributed by atoms with Gasteiger partial charge in [0.05, 0.1) is 11.7 Å².